The fourth-order valence-corrected chi connectivity index (χ4v) is 2.39. The van der Waals surface area contributed by atoms with Gasteiger partial charge in [-0.1, -0.05) is 0 Å². The molecule has 5 heteroatoms. The molecule has 0 radical (unpaired) electrons. The molecule has 2 aromatic heterocycles. The van der Waals surface area contributed by atoms with Gasteiger partial charge < -0.3 is 4.98 Å². The number of hydrogen-bond acceptors (Lipinski definition) is 4. The molecule has 0 saturated carbocycles. The predicted molar refractivity (Wildman–Crippen MR) is 66.7 cm³/mol. The third-order valence-electron chi connectivity index (χ3n) is 2.47. The Labute approximate surface area is 102 Å². The first-order valence-electron chi connectivity index (χ1n) is 5.09. The summed E-state index contributed by atoms with van der Waals surface area (Å²) in [5, 5.41) is 9.84. The summed E-state index contributed by atoms with van der Waals surface area (Å²) < 4.78 is 0. The van der Waals surface area contributed by atoms with Crippen molar-refractivity contribution in [3.63, 3.8) is 0 Å². The minimum Gasteiger partial charge on any atom is -0.337 e. The summed E-state index contributed by atoms with van der Waals surface area (Å²) in [5.74, 6) is 0.806. The number of aromatic amines is 1. The molecule has 17 heavy (non-hydrogen) atoms. The van der Waals surface area contributed by atoms with E-state index in [1.165, 1.54) is 0 Å². The molecule has 0 aliphatic carbocycles. The average Bonchev–Trinajstić information content (AvgIpc) is 2.93. The number of nitrogens with zero attached hydrogens (tertiary/aromatic N) is 3. The van der Waals surface area contributed by atoms with E-state index in [2.05, 4.69) is 21.0 Å². The Morgan fingerprint density at radius 1 is 1.41 bits per heavy atom. The van der Waals surface area contributed by atoms with Crippen LogP contribution >= 0.6 is 11.3 Å². The monoisotopic (exact) mass is 240 g/mol. The zero-order chi connectivity index (χ0) is 11.8. The zero-order valence-electron chi connectivity index (χ0n) is 9.06. The fraction of sp³-hybridized carbons (Fsp3) is 0.0833. The lowest BCUT2D eigenvalue weighted by atomic mass is 10.2. The minimum atomic E-state index is 0.633. The van der Waals surface area contributed by atoms with E-state index in [0.29, 0.717) is 5.56 Å². The highest BCUT2D eigenvalue weighted by Crippen LogP contribution is 2.25. The molecule has 0 unspecified atom stereocenters. The molecule has 0 bridgehead atoms. The summed E-state index contributed by atoms with van der Waals surface area (Å²) in [6.45, 7) is 1.96. The van der Waals surface area contributed by atoms with E-state index in [1.807, 2.05) is 19.2 Å². The predicted octanol–water partition coefficient (Wildman–Crippen LogP) is 2.87. The topological polar surface area (TPSA) is 65.4 Å². The van der Waals surface area contributed by atoms with Crippen LogP contribution in [0.5, 0.6) is 0 Å². The Hall–Kier alpha value is -2.19. The van der Waals surface area contributed by atoms with E-state index in [0.717, 1.165) is 26.7 Å². The van der Waals surface area contributed by atoms with E-state index in [4.69, 9.17) is 5.26 Å². The van der Waals surface area contributed by atoms with Crippen LogP contribution < -0.4 is 0 Å². The molecule has 3 aromatic rings. The van der Waals surface area contributed by atoms with Crippen molar-refractivity contribution in [1.29, 1.82) is 5.26 Å². The van der Waals surface area contributed by atoms with Gasteiger partial charge in [-0.3, -0.25) is 0 Å². The normalized spacial score (nSPS) is 10.6. The highest BCUT2D eigenvalue weighted by atomic mass is 32.1. The van der Waals surface area contributed by atoms with Gasteiger partial charge in [-0.05, 0) is 25.1 Å². The molecule has 3 rings (SSSR count). The van der Waals surface area contributed by atoms with Gasteiger partial charge in [-0.15, -0.1) is 11.3 Å². The average molecular weight is 240 g/mol. The second-order valence-corrected chi connectivity index (χ2v) is 4.91. The van der Waals surface area contributed by atoms with Crippen LogP contribution in [0, 0.1) is 18.3 Å². The quantitative estimate of drug-likeness (QED) is 0.711. The van der Waals surface area contributed by atoms with E-state index >= 15 is 0 Å². The van der Waals surface area contributed by atoms with Crippen LogP contribution in [0.2, 0.25) is 0 Å². The van der Waals surface area contributed by atoms with Crippen LogP contribution in [0.15, 0.2) is 24.4 Å². The van der Waals surface area contributed by atoms with Crippen LogP contribution in [-0.2, 0) is 0 Å². The Balaban J connectivity index is 2.17. The first-order chi connectivity index (χ1) is 8.26. The number of fused-ring (bicyclic) bond motifs is 1. The lowest BCUT2D eigenvalue weighted by Crippen LogP contribution is -1.73. The summed E-state index contributed by atoms with van der Waals surface area (Å²) in [4.78, 5) is 12.9. The number of aromatic nitrogens is 3. The first kappa shape index (κ1) is 10.00. The van der Waals surface area contributed by atoms with Gasteiger partial charge in [0.2, 0.25) is 0 Å². The van der Waals surface area contributed by atoms with Gasteiger partial charge in [0, 0.05) is 6.20 Å². The molecule has 1 N–H and O–H groups in total. The Morgan fingerprint density at radius 2 is 2.29 bits per heavy atom. The number of nitriles is 1. The summed E-state index contributed by atoms with van der Waals surface area (Å²) in [6.07, 6.45) is 1.81. The van der Waals surface area contributed by atoms with Gasteiger partial charge >= 0.3 is 0 Å². The van der Waals surface area contributed by atoms with E-state index in [9.17, 15) is 0 Å². The molecule has 0 atom stereocenters. The van der Waals surface area contributed by atoms with Gasteiger partial charge in [0.05, 0.1) is 32.6 Å². The molecule has 2 heterocycles. The summed E-state index contributed by atoms with van der Waals surface area (Å²) >= 11 is 1.60. The molecular formula is C12H8N4S. The van der Waals surface area contributed by atoms with Gasteiger partial charge in [-0.25, -0.2) is 9.97 Å². The standard InChI is InChI=1S/C12H8N4S/c1-7-14-6-11(17-7)12-15-9-3-2-8(5-13)4-10(9)16-12/h2-4,6H,1H3,(H,15,16). The third kappa shape index (κ3) is 1.69. The molecular weight excluding hydrogens is 232 g/mol. The second-order valence-electron chi connectivity index (χ2n) is 3.67. The van der Waals surface area contributed by atoms with Crippen molar-refractivity contribution >= 4 is 22.4 Å². The summed E-state index contributed by atoms with van der Waals surface area (Å²) in [7, 11) is 0. The maximum Gasteiger partial charge on any atom is 0.150 e. The van der Waals surface area contributed by atoms with Crippen molar-refractivity contribution in [2.24, 2.45) is 0 Å². The molecule has 0 spiro atoms. The number of aryl methyl sites for hydroxylation is 1. The Morgan fingerprint density at radius 3 is 3.00 bits per heavy atom. The van der Waals surface area contributed by atoms with Crippen LogP contribution in [-0.4, -0.2) is 15.0 Å². The Kier molecular flexibility index (Phi) is 2.16. The number of thiazole rings is 1. The smallest absolute Gasteiger partial charge is 0.150 e. The summed E-state index contributed by atoms with van der Waals surface area (Å²) in [5.41, 5.74) is 2.38. The summed E-state index contributed by atoms with van der Waals surface area (Å²) in [6, 6.07) is 7.54. The van der Waals surface area contributed by atoms with Crippen LogP contribution in [0.25, 0.3) is 21.7 Å². The third-order valence-corrected chi connectivity index (χ3v) is 3.39. The number of imidazole rings is 1. The van der Waals surface area contributed by atoms with Crippen molar-refractivity contribution in [3.8, 4) is 16.8 Å². The number of benzene rings is 1. The number of hydrogen-bond donors (Lipinski definition) is 1. The zero-order valence-corrected chi connectivity index (χ0v) is 9.88. The Bertz CT molecular complexity index is 732. The molecule has 0 saturated heterocycles. The molecule has 82 valence electrons. The van der Waals surface area contributed by atoms with Crippen LogP contribution in [0.1, 0.15) is 10.6 Å². The molecule has 0 aliphatic heterocycles. The van der Waals surface area contributed by atoms with Gasteiger partial charge in [-0.2, -0.15) is 5.26 Å². The van der Waals surface area contributed by atoms with Gasteiger partial charge in [0.1, 0.15) is 5.82 Å². The van der Waals surface area contributed by atoms with Gasteiger partial charge in [0.15, 0.2) is 0 Å². The van der Waals surface area contributed by atoms with E-state index in [-0.39, 0.29) is 0 Å². The van der Waals surface area contributed by atoms with Crippen molar-refractivity contribution in [3.05, 3.63) is 35.0 Å². The van der Waals surface area contributed by atoms with E-state index in [1.54, 1.807) is 23.5 Å². The molecule has 1 aromatic carbocycles. The van der Waals surface area contributed by atoms with Crippen molar-refractivity contribution in [2.45, 2.75) is 6.92 Å². The van der Waals surface area contributed by atoms with Crippen LogP contribution in [0.3, 0.4) is 0 Å². The SMILES string of the molecule is Cc1ncc(-c2nc3ccc(C#N)cc3[nH]2)s1. The fourth-order valence-electron chi connectivity index (χ4n) is 1.67. The van der Waals surface area contributed by atoms with Crippen molar-refractivity contribution < 1.29 is 0 Å². The maximum atomic E-state index is 8.83. The van der Waals surface area contributed by atoms with Crippen molar-refractivity contribution in [2.75, 3.05) is 0 Å². The second kappa shape index (κ2) is 3.68. The minimum absolute atomic E-state index is 0.633. The van der Waals surface area contributed by atoms with Crippen molar-refractivity contribution in [1.82, 2.24) is 15.0 Å². The number of rotatable bonds is 1. The van der Waals surface area contributed by atoms with Gasteiger partial charge in [0.25, 0.3) is 0 Å². The van der Waals surface area contributed by atoms with E-state index < -0.39 is 0 Å². The first-order valence-corrected chi connectivity index (χ1v) is 5.90. The number of H-pyrrole nitrogens is 1. The lowest BCUT2D eigenvalue weighted by molar-refractivity contribution is 1.28. The molecule has 0 amide bonds. The lowest BCUT2D eigenvalue weighted by Gasteiger charge is -1.87. The number of nitrogens with one attached hydrogen (secondary N) is 1. The highest BCUT2D eigenvalue weighted by Gasteiger charge is 2.08. The van der Waals surface area contributed by atoms with Crippen LogP contribution in [0.4, 0.5) is 0 Å². The molecule has 4 nitrogen and oxygen atoms in total. The highest BCUT2D eigenvalue weighted by molar-refractivity contribution is 7.14. The molecule has 0 aliphatic rings. The maximum absolute atomic E-state index is 8.83. The molecule has 0 fully saturated rings. The largest absolute Gasteiger partial charge is 0.337 e.